The van der Waals surface area contributed by atoms with Gasteiger partial charge in [0.05, 0.1) is 0 Å². The van der Waals surface area contributed by atoms with Gasteiger partial charge in [-0.2, -0.15) is 0 Å². The molecule has 0 spiro atoms. The molecule has 0 aliphatic carbocycles. The van der Waals surface area contributed by atoms with E-state index in [4.69, 9.17) is 0 Å². The molecule has 78 valence electrons. The van der Waals surface area contributed by atoms with Crippen molar-refractivity contribution in [1.29, 1.82) is 0 Å². The Morgan fingerprint density at radius 3 is 2.56 bits per heavy atom. The van der Waals surface area contributed by atoms with Gasteiger partial charge in [-0.05, 0) is 21.9 Å². The van der Waals surface area contributed by atoms with Gasteiger partial charge in [-0.3, -0.25) is 0 Å². The van der Waals surface area contributed by atoms with Gasteiger partial charge in [0.15, 0.2) is 0 Å². The predicted octanol–water partition coefficient (Wildman–Crippen LogP) is 4.60. The lowest BCUT2D eigenvalue weighted by Gasteiger charge is -2.05. The second-order valence-electron chi connectivity index (χ2n) is 3.65. The van der Waals surface area contributed by atoms with E-state index in [0.717, 1.165) is 5.57 Å². The zero-order valence-electron chi connectivity index (χ0n) is 9.19. The van der Waals surface area contributed by atoms with Crippen LogP contribution in [0.2, 0.25) is 0 Å². The van der Waals surface area contributed by atoms with Crippen molar-refractivity contribution >= 4 is 16.3 Å². The molecule has 2 rings (SSSR count). The molecule has 2 aromatic carbocycles. The van der Waals surface area contributed by atoms with Crippen molar-refractivity contribution < 1.29 is 0 Å². The van der Waals surface area contributed by atoms with Crippen LogP contribution < -0.4 is 0 Å². The van der Waals surface area contributed by atoms with E-state index in [0.29, 0.717) is 0 Å². The van der Waals surface area contributed by atoms with E-state index in [1.165, 1.54) is 16.3 Å². The normalized spacial score (nSPS) is 10.8. The molecule has 2 aromatic rings. The van der Waals surface area contributed by atoms with Crippen molar-refractivity contribution in [3.8, 4) is 0 Å². The fraction of sp³-hybridized carbons (Fsp3) is 0. The van der Waals surface area contributed by atoms with Crippen molar-refractivity contribution in [1.82, 2.24) is 0 Å². The number of hydrogen-bond acceptors (Lipinski definition) is 0. The summed E-state index contributed by atoms with van der Waals surface area (Å²) < 4.78 is 0. The fourth-order valence-corrected chi connectivity index (χ4v) is 1.78. The van der Waals surface area contributed by atoms with Crippen LogP contribution in [0.15, 0.2) is 73.9 Å². The van der Waals surface area contributed by atoms with E-state index in [1.54, 1.807) is 6.08 Å². The Balaban J connectivity index is 2.56. The largest absolute Gasteiger partial charge is 0.0991 e. The first-order valence-electron chi connectivity index (χ1n) is 5.29. The summed E-state index contributed by atoms with van der Waals surface area (Å²) in [4.78, 5) is 0. The third-order valence-electron chi connectivity index (χ3n) is 2.57. The average Bonchev–Trinajstić information content (AvgIpc) is 2.35. The quantitative estimate of drug-likeness (QED) is 0.644. The maximum atomic E-state index is 4.08. The molecular formula is C16H14. The summed E-state index contributed by atoms with van der Waals surface area (Å²) >= 11 is 0. The topological polar surface area (TPSA) is 0 Å². The van der Waals surface area contributed by atoms with Crippen molar-refractivity contribution in [2.45, 2.75) is 0 Å². The summed E-state index contributed by atoms with van der Waals surface area (Å²) in [6, 6.07) is 14.6. The van der Waals surface area contributed by atoms with Crippen molar-refractivity contribution in [3.63, 3.8) is 0 Å². The lowest BCUT2D eigenvalue weighted by Crippen LogP contribution is -1.82. The first-order chi connectivity index (χ1) is 7.83. The Bertz CT molecular complexity index is 554. The maximum absolute atomic E-state index is 4.08. The molecule has 0 radical (unpaired) electrons. The lowest BCUT2D eigenvalue weighted by atomic mass is 9.99. The first kappa shape index (κ1) is 10.4. The highest BCUT2D eigenvalue weighted by atomic mass is 14.0. The van der Waals surface area contributed by atoms with Gasteiger partial charge in [0.2, 0.25) is 0 Å². The summed E-state index contributed by atoms with van der Waals surface area (Å²) in [7, 11) is 0. The highest BCUT2D eigenvalue weighted by molar-refractivity contribution is 5.95. The van der Waals surface area contributed by atoms with Crippen molar-refractivity contribution in [2.75, 3.05) is 0 Å². The average molecular weight is 206 g/mol. The SMILES string of the molecule is C=CC=CC(=C)c1cccc2ccccc12. The number of fused-ring (bicyclic) bond motifs is 1. The zero-order chi connectivity index (χ0) is 11.4. The minimum atomic E-state index is 1.01. The van der Waals surface area contributed by atoms with Crippen LogP contribution >= 0.6 is 0 Å². The predicted molar refractivity (Wildman–Crippen MR) is 72.3 cm³/mol. The highest BCUT2D eigenvalue weighted by Crippen LogP contribution is 2.24. The monoisotopic (exact) mass is 206 g/mol. The van der Waals surface area contributed by atoms with E-state index in [9.17, 15) is 0 Å². The van der Waals surface area contributed by atoms with Crippen LogP contribution in [-0.2, 0) is 0 Å². The van der Waals surface area contributed by atoms with Crippen LogP contribution in [0.5, 0.6) is 0 Å². The molecule has 16 heavy (non-hydrogen) atoms. The number of hydrogen-bond donors (Lipinski definition) is 0. The van der Waals surface area contributed by atoms with Gasteiger partial charge < -0.3 is 0 Å². The third-order valence-corrected chi connectivity index (χ3v) is 2.57. The number of benzene rings is 2. The van der Waals surface area contributed by atoms with E-state index >= 15 is 0 Å². The highest BCUT2D eigenvalue weighted by Gasteiger charge is 2.00. The molecule has 0 aliphatic rings. The summed E-state index contributed by atoms with van der Waals surface area (Å²) in [5.74, 6) is 0. The van der Waals surface area contributed by atoms with Crippen LogP contribution in [0.1, 0.15) is 5.56 Å². The van der Waals surface area contributed by atoms with E-state index in [-0.39, 0.29) is 0 Å². The van der Waals surface area contributed by atoms with Crippen LogP contribution in [0.4, 0.5) is 0 Å². The molecule has 0 saturated carbocycles. The molecule has 0 nitrogen and oxygen atoms in total. The number of rotatable bonds is 3. The Labute approximate surface area is 96.2 Å². The molecule has 0 unspecified atom stereocenters. The van der Waals surface area contributed by atoms with Gasteiger partial charge >= 0.3 is 0 Å². The second kappa shape index (κ2) is 4.63. The Morgan fingerprint density at radius 1 is 1.00 bits per heavy atom. The molecule has 0 atom stereocenters. The van der Waals surface area contributed by atoms with Gasteiger partial charge in [0.1, 0.15) is 0 Å². The standard InChI is InChI=1S/C16H14/c1-3-4-8-13(2)15-12-7-10-14-9-5-6-11-16(14)15/h3-12H,1-2H2. The minimum Gasteiger partial charge on any atom is -0.0991 e. The van der Waals surface area contributed by atoms with Gasteiger partial charge in [-0.25, -0.2) is 0 Å². The Morgan fingerprint density at radius 2 is 1.75 bits per heavy atom. The molecule has 0 aromatic heterocycles. The second-order valence-corrected chi connectivity index (χ2v) is 3.65. The zero-order valence-corrected chi connectivity index (χ0v) is 9.19. The van der Waals surface area contributed by atoms with Gasteiger partial charge in [-0.15, -0.1) is 0 Å². The number of allylic oxidation sites excluding steroid dienone is 4. The molecule has 0 heterocycles. The minimum absolute atomic E-state index is 1.01. The Kier molecular flexibility index (Phi) is 3.02. The van der Waals surface area contributed by atoms with Gasteiger partial charge in [0, 0.05) is 0 Å². The molecule has 0 bridgehead atoms. The summed E-state index contributed by atoms with van der Waals surface area (Å²) in [5, 5.41) is 2.48. The fourth-order valence-electron chi connectivity index (χ4n) is 1.78. The first-order valence-corrected chi connectivity index (χ1v) is 5.29. The van der Waals surface area contributed by atoms with E-state index < -0.39 is 0 Å². The van der Waals surface area contributed by atoms with Crippen LogP contribution in [0.3, 0.4) is 0 Å². The van der Waals surface area contributed by atoms with E-state index in [2.05, 4.69) is 55.6 Å². The van der Waals surface area contributed by atoms with Crippen molar-refractivity contribution in [3.05, 3.63) is 79.4 Å². The van der Waals surface area contributed by atoms with Gasteiger partial charge in [0.25, 0.3) is 0 Å². The molecule has 0 heteroatoms. The summed E-state index contributed by atoms with van der Waals surface area (Å²) in [6.45, 7) is 7.74. The maximum Gasteiger partial charge on any atom is -0.0106 e. The third kappa shape index (κ3) is 1.96. The lowest BCUT2D eigenvalue weighted by molar-refractivity contribution is 1.68. The molecular weight excluding hydrogens is 192 g/mol. The molecule has 0 amide bonds. The van der Waals surface area contributed by atoms with E-state index in [1.807, 2.05) is 12.2 Å². The van der Waals surface area contributed by atoms with Crippen LogP contribution in [0, 0.1) is 0 Å². The molecule has 0 aliphatic heterocycles. The Hall–Kier alpha value is -2.08. The summed E-state index contributed by atoms with van der Waals surface area (Å²) in [6.07, 6.45) is 5.65. The molecule has 0 saturated heterocycles. The van der Waals surface area contributed by atoms with Crippen molar-refractivity contribution in [2.24, 2.45) is 0 Å². The van der Waals surface area contributed by atoms with Crippen LogP contribution in [0.25, 0.3) is 16.3 Å². The molecule has 0 fully saturated rings. The molecule has 0 N–H and O–H groups in total. The summed E-state index contributed by atoms with van der Waals surface area (Å²) in [5.41, 5.74) is 2.19. The smallest absolute Gasteiger partial charge is 0.0106 e. The van der Waals surface area contributed by atoms with Gasteiger partial charge in [-0.1, -0.05) is 73.9 Å². The van der Waals surface area contributed by atoms with Crippen LogP contribution in [-0.4, -0.2) is 0 Å².